The smallest absolute Gasteiger partial charge is 0.174 e. The molecule has 3 N–H and O–H groups in total. The fourth-order valence-electron chi connectivity index (χ4n) is 1.10. The van der Waals surface area contributed by atoms with Crippen LogP contribution < -0.4 is 5.32 Å². The lowest BCUT2D eigenvalue weighted by Crippen LogP contribution is -2.10. The third kappa shape index (κ3) is 2.08. The first-order chi connectivity index (χ1) is 6.57. The SMILES string of the molecule is CNCCc1cc(F)c(O)c(Cl)c1O. The zero-order chi connectivity index (χ0) is 10.7. The zero-order valence-electron chi connectivity index (χ0n) is 7.64. The lowest BCUT2D eigenvalue weighted by Gasteiger charge is -2.08. The Balaban J connectivity index is 3.06. The Kier molecular flexibility index (Phi) is 3.55. The van der Waals surface area contributed by atoms with E-state index in [1.165, 1.54) is 0 Å². The first-order valence-electron chi connectivity index (χ1n) is 4.11. The van der Waals surface area contributed by atoms with Crippen LogP contribution in [0.5, 0.6) is 11.5 Å². The van der Waals surface area contributed by atoms with E-state index < -0.39 is 11.6 Å². The highest BCUT2D eigenvalue weighted by Crippen LogP contribution is 2.37. The quantitative estimate of drug-likeness (QED) is 0.725. The maximum atomic E-state index is 13.0. The van der Waals surface area contributed by atoms with Gasteiger partial charge in [0.05, 0.1) is 0 Å². The average molecular weight is 220 g/mol. The maximum absolute atomic E-state index is 13.0. The van der Waals surface area contributed by atoms with E-state index in [2.05, 4.69) is 5.32 Å². The van der Waals surface area contributed by atoms with Crippen molar-refractivity contribution in [2.45, 2.75) is 6.42 Å². The number of rotatable bonds is 3. The van der Waals surface area contributed by atoms with Gasteiger partial charge in [-0.2, -0.15) is 0 Å². The molecule has 0 aliphatic rings. The number of likely N-dealkylation sites (N-methyl/N-ethyl adjacent to an activating group) is 1. The minimum absolute atomic E-state index is 0.263. The Morgan fingerprint density at radius 1 is 1.43 bits per heavy atom. The summed E-state index contributed by atoms with van der Waals surface area (Å²) in [4.78, 5) is 0. The number of phenols is 2. The highest BCUT2D eigenvalue weighted by molar-refractivity contribution is 6.33. The van der Waals surface area contributed by atoms with Gasteiger partial charge in [-0.3, -0.25) is 0 Å². The molecule has 14 heavy (non-hydrogen) atoms. The molecule has 0 unspecified atom stereocenters. The molecule has 0 spiro atoms. The van der Waals surface area contributed by atoms with E-state index in [0.29, 0.717) is 18.5 Å². The Bertz CT molecular complexity index is 344. The molecular formula is C9H11ClFNO2. The van der Waals surface area contributed by atoms with E-state index in [9.17, 15) is 9.50 Å². The molecule has 0 fully saturated rings. The molecule has 1 aromatic rings. The summed E-state index contributed by atoms with van der Waals surface area (Å²) in [5.74, 6) is -1.79. The summed E-state index contributed by atoms with van der Waals surface area (Å²) in [6, 6.07) is 1.08. The molecule has 1 rings (SSSR count). The van der Waals surface area contributed by atoms with Crippen LogP contribution in [0.25, 0.3) is 0 Å². The second kappa shape index (κ2) is 4.48. The molecular weight excluding hydrogens is 209 g/mol. The van der Waals surface area contributed by atoms with Gasteiger partial charge in [0, 0.05) is 0 Å². The standard InChI is InChI=1S/C9H11ClFNO2/c1-12-3-2-5-4-6(11)9(14)7(10)8(5)13/h4,12-14H,2-3H2,1H3. The van der Waals surface area contributed by atoms with Crippen LogP contribution in [0.15, 0.2) is 6.07 Å². The van der Waals surface area contributed by atoms with Crippen molar-refractivity contribution < 1.29 is 14.6 Å². The van der Waals surface area contributed by atoms with Crippen LogP contribution in [-0.4, -0.2) is 23.8 Å². The summed E-state index contributed by atoms with van der Waals surface area (Å²) >= 11 is 5.51. The molecule has 5 heteroatoms. The van der Waals surface area contributed by atoms with Crippen LogP contribution in [0, 0.1) is 5.82 Å². The predicted molar refractivity (Wildman–Crippen MR) is 52.4 cm³/mol. The molecule has 0 atom stereocenters. The average Bonchev–Trinajstić information content (AvgIpc) is 2.18. The largest absolute Gasteiger partial charge is 0.506 e. The van der Waals surface area contributed by atoms with Crippen molar-refractivity contribution in [1.82, 2.24) is 5.32 Å². The van der Waals surface area contributed by atoms with Gasteiger partial charge in [0.2, 0.25) is 0 Å². The van der Waals surface area contributed by atoms with E-state index in [1.807, 2.05) is 0 Å². The number of nitrogens with one attached hydrogen (secondary N) is 1. The summed E-state index contributed by atoms with van der Waals surface area (Å²) in [5.41, 5.74) is 0.375. The van der Waals surface area contributed by atoms with Crippen molar-refractivity contribution >= 4 is 11.6 Å². The summed E-state index contributed by atoms with van der Waals surface area (Å²) < 4.78 is 13.0. The van der Waals surface area contributed by atoms with Gasteiger partial charge in [-0.05, 0) is 31.6 Å². The van der Waals surface area contributed by atoms with E-state index >= 15 is 0 Å². The monoisotopic (exact) mass is 219 g/mol. The number of phenolic OH excluding ortho intramolecular Hbond substituents is 2. The molecule has 0 amide bonds. The Morgan fingerprint density at radius 3 is 2.64 bits per heavy atom. The van der Waals surface area contributed by atoms with E-state index in [0.717, 1.165) is 6.07 Å². The van der Waals surface area contributed by atoms with Gasteiger partial charge in [-0.25, -0.2) is 4.39 Å². The normalized spacial score (nSPS) is 10.5. The molecule has 0 aliphatic heterocycles. The second-order valence-corrected chi connectivity index (χ2v) is 3.26. The zero-order valence-corrected chi connectivity index (χ0v) is 8.40. The summed E-state index contributed by atoms with van der Waals surface area (Å²) in [7, 11) is 1.75. The summed E-state index contributed by atoms with van der Waals surface area (Å²) in [6.07, 6.45) is 0.444. The predicted octanol–water partition coefficient (Wildman–Crippen LogP) is 1.65. The molecule has 0 bridgehead atoms. The van der Waals surface area contributed by atoms with Crippen molar-refractivity contribution in [3.63, 3.8) is 0 Å². The molecule has 0 saturated carbocycles. The van der Waals surface area contributed by atoms with Crippen molar-refractivity contribution in [2.75, 3.05) is 13.6 Å². The Hall–Kier alpha value is -1.00. The third-order valence-electron chi connectivity index (χ3n) is 1.89. The lowest BCUT2D eigenvalue weighted by molar-refractivity contribution is 0.416. The van der Waals surface area contributed by atoms with Crippen molar-refractivity contribution in [1.29, 1.82) is 0 Å². The van der Waals surface area contributed by atoms with Gasteiger partial charge >= 0.3 is 0 Å². The number of benzene rings is 1. The topological polar surface area (TPSA) is 52.5 Å². The fraction of sp³-hybridized carbons (Fsp3) is 0.333. The van der Waals surface area contributed by atoms with Crippen LogP contribution in [0.1, 0.15) is 5.56 Å². The van der Waals surface area contributed by atoms with Crippen LogP contribution >= 0.6 is 11.6 Å². The van der Waals surface area contributed by atoms with Gasteiger partial charge in [0.15, 0.2) is 11.6 Å². The lowest BCUT2D eigenvalue weighted by atomic mass is 10.1. The van der Waals surface area contributed by atoms with Gasteiger partial charge in [-0.15, -0.1) is 0 Å². The van der Waals surface area contributed by atoms with Gasteiger partial charge in [0.25, 0.3) is 0 Å². The van der Waals surface area contributed by atoms with Gasteiger partial charge < -0.3 is 15.5 Å². The number of hydrogen-bond donors (Lipinski definition) is 3. The van der Waals surface area contributed by atoms with Gasteiger partial charge in [-0.1, -0.05) is 11.6 Å². The Morgan fingerprint density at radius 2 is 2.07 bits per heavy atom. The van der Waals surface area contributed by atoms with Gasteiger partial charge in [0.1, 0.15) is 10.8 Å². The molecule has 3 nitrogen and oxygen atoms in total. The molecule has 0 heterocycles. The second-order valence-electron chi connectivity index (χ2n) is 2.88. The first-order valence-corrected chi connectivity index (χ1v) is 4.49. The fourth-order valence-corrected chi connectivity index (χ4v) is 1.31. The van der Waals surface area contributed by atoms with Crippen LogP contribution in [0.4, 0.5) is 4.39 Å². The number of halogens is 2. The minimum atomic E-state index is -0.820. The molecule has 0 aliphatic carbocycles. The Labute approximate surface area is 86.1 Å². The minimum Gasteiger partial charge on any atom is -0.506 e. The van der Waals surface area contributed by atoms with Crippen molar-refractivity contribution in [3.05, 3.63) is 22.5 Å². The van der Waals surface area contributed by atoms with Crippen LogP contribution in [0.3, 0.4) is 0 Å². The van der Waals surface area contributed by atoms with E-state index in [4.69, 9.17) is 16.7 Å². The highest BCUT2D eigenvalue weighted by atomic mass is 35.5. The van der Waals surface area contributed by atoms with Crippen LogP contribution in [-0.2, 0) is 6.42 Å². The number of aromatic hydroxyl groups is 2. The summed E-state index contributed by atoms with van der Waals surface area (Å²) in [6.45, 7) is 0.591. The molecule has 0 radical (unpaired) electrons. The molecule has 0 saturated heterocycles. The third-order valence-corrected chi connectivity index (χ3v) is 2.25. The van der Waals surface area contributed by atoms with Crippen molar-refractivity contribution in [2.24, 2.45) is 0 Å². The highest BCUT2D eigenvalue weighted by Gasteiger charge is 2.14. The van der Waals surface area contributed by atoms with E-state index in [-0.39, 0.29) is 10.8 Å². The molecule has 78 valence electrons. The van der Waals surface area contributed by atoms with Crippen LogP contribution in [0.2, 0.25) is 5.02 Å². The summed E-state index contributed by atoms with van der Waals surface area (Å²) in [5, 5.41) is 21.0. The maximum Gasteiger partial charge on any atom is 0.174 e. The van der Waals surface area contributed by atoms with Crippen molar-refractivity contribution in [3.8, 4) is 11.5 Å². The number of hydrogen-bond acceptors (Lipinski definition) is 3. The van der Waals surface area contributed by atoms with E-state index in [1.54, 1.807) is 7.05 Å². The molecule has 1 aromatic carbocycles. The molecule has 0 aromatic heterocycles. The first kappa shape index (κ1) is 11.1.